The number of hydrogen-bond acceptors (Lipinski definition) is 1. The summed E-state index contributed by atoms with van der Waals surface area (Å²) >= 11 is 0. The van der Waals surface area contributed by atoms with Gasteiger partial charge in [0.05, 0.1) is 16.7 Å². The van der Waals surface area contributed by atoms with Gasteiger partial charge in [0.2, 0.25) is 0 Å². The summed E-state index contributed by atoms with van der Waals surface area (Å²) in [6, 6.07) is 52.6. The first-order chi connectivity index (χ1) is 29.6. The van der Waals surface area contributed by atoms with Gasteiger partial charge in [0, 0.05) is 16.9 Å². The third-order valence-corrected chi connectivity index (χ3v) is 9.44. The molecule has 0 unspecified atom stereocenters. The van der Waals surface area contributed by atoms with E-state index >= 15 is 0 Å². The summed E-state index contributed by atoms with van der Waals surface area (Å²) in [5.74, 6) is 0. The Labute approximate surface area is 323 Å². The van der Waals surface area contributed by atoms with Crippen LogP contribution < -0.4 is 4.90 Å². The summed E-state index contributed by atoms with van der Waals surface area (Å²) in [4.78, 5) is 1.43. The van der Waals surface area contributed by atoms with E-state index < -0.39 is 12.1 Å². The van der Waals surface area contributed by atoms with Crippen molar-refractivity contribution in [1.82, 2.24) is 0 Å². The highest BCUT2D eigenvalue weighted by molar-refractivity contribution is 5.98. The smallest absolute Gasteiger partial charge is 0.0651 e. The van der Waals surface area contributed by atoms with Crippen LogP contribution in [0.1, 0.15) is 11.0 Å². The van der Waals surface area contributed by atoms with Gasteiger partial charge < -0.3 is 4.90 Å². The van der Waals surface area contributed by atoms with Gasteiger partial charge in [-0.3, -0.25) is 0 Å². The van der Waals surface area contributed by atoms with Crippen LogP contribution in [0.4, 0.5) is 17.1 Å². The fourth-order valence-electron chi connectivity index (χ4n) is 6.81. The van der Waals surface area contributed by atoms with Crippen LogP contribution in [0.25, 0.3) is 66.4 Å². The van der Waals surface area contributed by atoms with E-state index in [9.17, 15) is 11.0 Å². The summed E-state index contributed by atoms with van der Waals surface area (Å²) in [6.07, 6.45) is 0. The van der Waals surface area contributed by atoms with Crippen molar-refractivity contribution >= 4 is 27.8 Å². The Morgan fingerprint density at radius 3 is 1.66 bits per heavy atom. The zero-order chi connectivity index (χ0) is 42.4. The van der Waals surface area contributed by atoms with Crippen LogP contribution in [-0.4, -0.2) is 0 Å². The van der Waals surface area contributed by atoms with Gasteiger partial charge in [0.25, 0.3) is 0 Å². The van der Waals surface area contributed by atoms with Crippen molar-refractivity contribution in [1.29, 1.82) is 0 Å². The number of fused-ring (bicyclic) bond motifs is 1. The van der Waals surface area contributed by atoms with Crippen molar-refractivity contribution in [3.05, 3.63) is 224 Å². The predicted octanol–water partition coefficient (Wildman–Crippen LogP) is 14.6. The highest BCUT2D eigenvalue weighted by atomic mass is 15.1. The van der Waals surface area contributed by atoms with E-state index in [1.54, 1.807) is 24.3 Å². The molecule has 0 aliphatic heterocycles. The van der Waals surface area contributed by atoms with E-state index in [0.717, 1.165) is 38.6 Å². The molecule has 9 aromatic rings. The minimum Gasteiger partial charge on any atom is -0.310 e. The predicted molar refractivity (Wildman–Crippen MR) is 226 cm³/mol. The maximum atomic E-state index is 9.91. The third kappa shape index (κ3) is 6.53. The van der Waals surface area contributed by atoms with Gasteiger partial charge in [-0.1, -0.05) is 188 Å². The lowest BCUT2D eigenvalue weighted by molar-refractivity contribution is 1.28. The molecule has 0 heterocycles. The molecule has 9 aromatic carbocycles. The second kappa shape index (κ2) is 14.3. The molecule has 0 saturated carbocycles. The monoisotopic (exact) mass is 683 g/mol. The molecule has 0 radical (unpaired) electrons. The fraction of sp³-hybridized carbons (Fsp3) is 0. The van der Waals surface area contributed by atoms with Crippen LogP contribution in [0.3, 0.4) is 0 Å². The Kier molecular flexibility index (Phi) is 6.57. The first-order valence-corrected chi connectivity index (χ1v) is 17.5. The molecule has 53 heavy (non-hydrogen) atoms. The fourth-order valence-corrected chi connectivity index (χ4v) is 6.81. The van der Waals surface area contributed by atoms with Gasteiger partial charge in [0.15, 0.2) is 0 Å². The number of benzene rings is 9. The van der Waals surface area contributed by atoms with Gasteiger partial charge >= 0.3 is 0 Å². The molecular formula is C52H37N. The Hall–Kier alpha value is -6.96. The standard InChI is InChI=1S/C52H37N/c1-3-14-38(15-4-1)40-28-30-43(31-29-40)51-25-9-10-27-52(51)53(48-23-12-22-46(37-48)50-26-13-19-42-18-7-8-24-49(42)50)47-34-32-41(33-35-47)45-21-11-20-44(36-45)39-16-5-2-6-17-39/h1-37H/i12D,22D,23D,32D,33D,34D,35D,37D. The number of nitrogens with zero attached hydrogens (tertiary/aromatic N) is 1. The van der Waals surface area contributed by atoms with Crippen LogP contribution >= 0.6 is 0 Å². The van der Waals surface area contributed by atoms with E-state index in [0.29, 0.717) is 22.4 Å². The second-order valence-electron chi connectivity index (χ2n) is 12.7. The quantitative estimate of drug-likeness (QED) is 0.154. The highest BCUT2D eigenvalue weighted by Crippen LogP contribution is 2.43. The lowest BCUT2D eigenvalue weighted by Gasteiger charge is -2.28. The summed E-state index contributed by atoms with van der Waals surface area (Å²) in [6.45, 7) is 0. The minimum atomic E-state index is -0.454. The van der Waals surface area contributed by atoms with Crippen molar-refractivity contribution in [3.8, 4) is 55.6 Å². The number of para-hydroxylation sites is 1. The van der Waals surface area contributed by atoms with Crippen molar-refractivity contribution in [2.45, 2.75) is 0 Å². The van der Waals surface area contributed by atoms with E-state index in [1.807, 2.05) is 152 Å². The SMILES string of the molecule is [2H]c1c([2H])c(-c2cccc3ccccc23)c([2H])c(N(c2ccccc2-c2ccc(-c3ccccc3)cc2)c2c([2H])c([2H])c(-c3cccc(-c4ccccc4)c3)c([2H])c2[2H])c1[2H]. The van der Waals surface area contributed by atoms with Gasteiger partial charge in [-0.2, -0.15) is 0 Å². The summed E-state index contributed by atoms with van der Waals surface area (Å²) < 4.78 is 76.1. The largest absolute Gasteiger partial charge is 0.310 e. The van der Waals surface area contributed by atoms with Crippen LogP contribution in [0.2, 0.25) is 0 Å². The molecular weight excluding hydrogens is 639 g/mol. The van der Waals surface area contributed by atoms with Crippen LogP contribution in [-0.2, 0) is 0 Å². The zero-order valence-electron chi connectivity index (χ0n) is 36.7. The molecule has 1 nitrogen and oxygen atoms in total. The average molecular weight is 684 g/mol. The summed E-state index contributed by atoms with van der Waals surface area (Å²) in [7, 11) is 0. The first kappa shape index (κ1) is 24.3. The van der Waals surface area contributed by atoms with Gasteiger partial charge in [-0.05, 0) is 97.1 Å². The molecule has 0 N–H and O–H groups in total. The van der Waals surface area contributed by atoms with Gasteiger partial charge in [0.1, 0.15) is 0 Å². The van der Waals surface area contributed by atoms with Gasteiger partial charge in [-0.15, -0.1) is 0 Å². The molecule has 1 heteroatoms. The molecule has 250 valence electrons. The summed E-state index contributed by atoms with van der Waals surface area (Å²) in [5.41, 5.74) is 6.52. The number of rotatable bonds is 8. The average Bonchev–Trinajstić information content (AvgIpc) is 3.31. The highest BCUT2D eigenvalue weighted by Gasteiger charge is 2.18. The Balaban J connectivity index is 1.32. The van der Waals surface area contributed by atoms with Crippen LogP contribution in [0, 0.1) is 0 Å². The molecule has 0 atom stereocenters. The number of anilines is 3. The van der Waals surface area contributed by atoms with Crippen LogP contribution in [0.15, 0.2) is 224 Å². The van der Waals surface area contributed by atoms with Crippen molar-refractivity contribution in [2.24, 2.45) is 0 Å². The summed E-state index contributed by atoms with van der Waals surface area (Å²) in [5, 5.41) is 1.63. The molecule has 0 aliphatic carbocycles. The molecule has 0 aromatic heterocycles. The van der Waals surface area contributed by atoms with Crippen molar-refractivity contribution in [3.63, 3.8) is 0 Å². The molecule has 0 spiro atoms. The van der Waals surface area contributed by atoms with Crippen molar-refractivity contribution < 1.29 is 11.0 Å². The van der Waals surface area contributed by atoms with E-state index in [4.69, 9.17) is 0 Å². The van der Waals surface area contributed by atoms with Crippen molar-refractivity contribution in [2.75, 3.05) is 4.90 Å². The van der Waals surface area contributed by atoms with Crippen LogP contribution in [0.5, 0.6) is 0 Å². The topological polar surface area (TPSA) is 3.24 Å². The first-order valence-electron chi connectivity index (χ1n) is 21.5. The lowest BCUT2D eigenvalue weighted by Crippen LogP contribution is -2.11. The minimum absolute atomic E-state index is 0.109. The molecule has 0 aliphatic rings. The Bertz CT molecular complexity index is 3080. The number of hydrogen-bond donors (Lipinski definition) is 0. The molecule has 0 amide bonds. The van der Waals surface area contributed by atoms with E-state index in [1.165, 1.54) is 4.90 Å². The molecule has 0 fully saturated rings. The van der Waals surface area contributed by atoms with E-state index in [2.05, 4.69) is 0 Å². The molecule has 0 bridgehead atoms. The van der Waals surface area contributed by atoms with Gasteiger partial charge in [-0.25, -0.2) is 0 Å². The Morgan fingerprint density at radius 1 is 0.340 bits per heavy atom. The zero-order valence-corrected chi connectivity index (χ0v) is 28.7. The van der Waals surface area contributed by atoms with E-state index in [-0.39, 0.29) is 58.8 Å². The molecule has 9 rings (SSSR count). The molecule has 0 saturated heterocycles. The second-order valence-corrected chi connectivity index (χ2v) is 12.7. The maximum Gasteiger partial charge on any atom is 0.0651 e. The maximum absolute atomic E-state index is 9.91. The Morgan fingerprint density at radius 2 is 0.887 bits per heavy atom. The lowest BCUT2D eigenvalue weighted by atomic mass is 9.96. The normalized spacial score (nSPS) is 13.1. The third-order valence-electron chi connectivity index (χ3n) is 9.44.